The third kappa shape index (κ3) is 6.51. The van der Waals surface area contributed by atoms with E-state index in [-0.39, 0.29) is 0 Å². The maximum atomic E-state index is 7.02. The van der Waals surface area contributed by atoms with Crippen molar-refractivity contribution in [2.45, 2.75) is 0 Å². The first-order valence-corrected chi connectivity index (χ1v) is 20.5. The van der Waals surface area contributed by atoms with E-state index in [0.717, 1.165) is 67.5 Å². The van der Waals surface area contributed by atoms with Crippen molar-refractivity contribution in [3.63, 3.8) is 0 Å². The van der Waals surface area contributed by atoms with E-state index in [2.05, 4.69) is 241 Å². The van der Waals surface area contributed by atoms with Gasteiger partial charge in [-0.2, -0.15) is 0 Å². The van der Waals surface area contributed by atoms with Gasteiger partial charge in [0.2, 0.25) is 0 Å². The smallest absolute Gasteiger partial charge is 0.135 e. The van der Waals surface area contributed by atoms with Crippen molar-refractivity contribution in [1.82, 2.24) is 0 Å². The van der Waals surface area contributed by atoms with Gasteiger partial charge in [-0.05, 0) is 127 Å². The van der Waals surface area contributed by atoms with Crippen LogP contribution in [0.5, 0.6) is 11.5 Å². The highest BCUT2D eigenvalue weighted by Gasteiger charge is 2.26. The molecule has 0 aliphatic carbocycles. The monoisotopic (exact) mass is 765 g/mol. The second-order valence-electron chi connectivity index (χ2n) is 15.3. The minimum Gasteiger partial charge on any atom is -0.456 e. The quantitative estimate of drug-likeness (QED) is 0.160. The van der Waals surface area contributed by atoms with Crippen LogP contribution in [0.4, 0.5) is 17.1 Å². The second-order valence-corrected chi connectivity index (χ2v) is 15.3. The summed E-state index contributed by atoms with van der Waals surface area (Å²) in [6, 6.07) is 84.8. The predicted octanol–water partition coefficient (Wildman–Crippen LogP) is 16.4. The number of hydrogen-bond acceptors (Lipinski definition) is 2. The minimum atomic E-state index is 0.820. The summed E-state index contributed by atoms with van der Waals surface area (Å²) in [6.45, 7) is 0. The first-order valence-electron chi connectivity index (χ1n) is 20.5. The van der Waals surface area contributed by atoms with Crippen molar-refractivity contribution in [2.24, 2.45) is 0 Å². The van der Waals surface area contributed by atoms with Gasteiger partial charge in [-0.1, -0.05) is 176 Å². The topological polar surface area (TPSA) is 12.5 Å². The molecule has 10 aromatic carbocycles. The van der Waals surface area contributed by atoms with E-state index in [1.54, 1.807) is 0 Å². The lowest BCUT2D eigenvalue weighted by atomic mass is 9.87. The van der Waals surface area contributed by atoms with Crippen LogP contribution in [0.25, 0.3) is 77.5 Å². The highest BCUT2D eigenvalue weighted by atomic mass is 16.5. The Kier molecular flexibility index (Phi) is 8.87. The Morgan fingerprint density at radius 1 is 0.250 bits per heavy atom. The molecular formula is C58H39NO. The SMILES string of the molecule is c1ccc(-c2ccc(N(c3ccc4c(c3)-c3ccc(-c5cccc(-c6ccccc6)c5)cc3-c3c(cccc3-c3ccccc3)O4)c3ccc4ccccc4c3)cc2)cc1. The van der Waals surface area contributed by atoms with E-state index in [0.29, 0.717) is 0 Å². The molecule has 0 fully saturated rings. The Bertz CT molecular complexity index is 3150. The summed E-state index contributed by atoms with van der Waals surface area (Å²) in [5, 5.41) is 2.40. The van der Waals surface area contributed by atoms with Gasteiger partial charge in [0, 0.05) is 28.2 Å². The van der Waals surface area contributed by atoms with Gasteiger partial charge >= 0.3 is 0 Å². The van der Waals surface area contributed by atoms with Crippen LogP contribution in [0, 0.1) is 0 Å². The predicted molar refractivity (Wildman–Crippen MR) is 251 cm³/mol. The Hall–Kier alpha value is -7.94. The van der Waals surface area contributed by atoms with Crippen LogP contribution >= 0.6 is 0 Å². The fourth-order valence-electron chi connectivity index (χ4n) is 8.70. The van der Waals surface area contributed by atoms with Gasteiger partial charge in [-0.3, -0.25) is 0 Å². The highest BCUT2D eigenvalue weighted by molar-refractivity contribution is 6.00. The van der Waals surface area contributed by atoms with Gasteiger partial charge in [0.25, 0.3) is 0 Å². The van der Waals surface area contributed by atoms with E-state index in [1.165, 1.54) is 38.6 Å². The molecule has 0 unspecified atom stereocenters. The second kappa shape index (κ2) is 15.1. The van der Waals surface area contributed by atoms with Crippen LogP contribution in [0.2, 0.25) is 0 Å². The molecule has 0 saturated heterocycles. The number of fused-ring (bicyclic) bond motifs is 6. The minimum absolute atomic E-state index is 0.820. The molecular weight excluding hydrogens is 727 g/mol. The number of benzene rings is 10. The molecule has 10 aromatic rings. The molecule has 0 bridgehead atoms. The van der Waals surface area contributed by atoms with E-state index in [1.807, 2.05) is 0 Å². The molecule has 0 aromatic heterocycles. The first-order chi connectivity index (χ1) is 29.7. The molecule has 2 nitrogen and oxygen atoms in total. The van der Waals surface area contributed by atoms with Gasteiger partial charge in [0.1, 0.15) is 11.5 Å². The van der Waals surface area contributed by atoms with Crippen molar-refractivity contribution >= 4 is 27.8 Å². The summed E-state index contributed by atoms with van der Waals surface area (Å²) in [5.74, 6) is 1.66. The number of ether oxygens (including phenoxy) is 1. The molecule has 60 heavy (non-hydrogen) atoms. The lowest BCUT2D eigenvalue weighted by molar-refractivity contribution is 0.488. The van der Waals surface area contributed by atoms with Gasteiger partial charge in [0.05, 0.1) is 0 Å². The Morgan fingerprint density at radius 3 is 1.53 bits per heavy atom. The summed E-state index contributed by atoms with van der Waals surface area (Å²) in [4.78, 5) is 2.36. The highest BCUT2D eigenvalue weighted by Crippen LogP contribution is 2.52. The largest absolute Gasteiger partial charge is 0.456 e. The first kappa shape index (κ1) is 35.2. The van der Waals surface area contributed by atoms with Crippen molar-refractivity contribution < 1.29 is 4.74 Å². The fourth-order valence-corrected chi connectivity index (χ4v) is 8.70. The summed E-state index contributed by atoms with van der Waals surface area (Å²) < 4.78 is 7.02. The molecule has 0 atom stereocenters. The average molecular weight is 766 g/mol. The molecule has 0 amide bonds. The lowest BCUT2D eigenvalue weighted by Crippen LogP contribution is -2.10. The molecule has 1 heterocycles. The maximum absolute atomic E-state index is 7.02. The lowest BCUT2D eigenvalue weighted by Gasteiger charge is -2.27. The zero-order valence-corrected chi connectivity index (χ0v) is 32.9. The molecule has 0 N–H and O–H groups in total. The van der Waals surface area contributed by atoms with Crippen LogP contribution in [0.15, 0.2) is 237 Å². The number of anilines is 3. The normalized spacial score (nSPS) is 11.5. The third-order valence-corrected chi connectivity index (χ3v) is 11.7. The maximum Gasteiger partial charge on any atom is 0.135 e. The molecule has 11 rings (SSSR count). The van der Waals surface area contributed by atoms with Crippen LogP contribution in [0.1, 0.15) is 0 Å². The standard InChI is InChI=1S/C58H39NO/c1-4-14-40(15-5-1)43-26-30-49(31-27-43)59(50-32-28-42-18-10-11-21-47(42)37-50)51-33-35-56-54(39-51)53-34-29-48(46-23-12-22-45(36-46)41-16-6-2-7-17-41)38-55(53)58-52(24-13-25-57(58)60-56)44-19-8-3-9-20-44/h1-39H. The Morgan fingerprint density at radius 2 is 0.783 bits per heavy atom. The van der Waals surface area contributed by atoms with Crippen molar-refractivity contribution in [2.75, 3.05) is 4.90 Å². The van der Waals surface area contributed by atoms with E-state index in [4.69, 9.17) is 4.74 Å². The molecule has 0 spiro atoms. The van der Waals surface area contributed by atoms with E-state index in [9.17, 15) is 0 Å². The Balaban J connectivity index is 1.10. The molecule has 0 radical (unpaired) electrons. The molecule has 0 saturated carbocycles. The Labute approximate surface area is 350 Å². The molecule has 1 aliphatic heterocycles. The fraction of sp³-hybridized carbons (Fsp3) is 0. The zero-order chi connectivity index (χ0) is 39.8. The summed E-state index contributed by atoms with van der Waals surface area (Å²) in [7, 11) is 0. The number of nitrogens with zero attached hydrogens (tertiary/aromatic N) is 1. The van der Waals surface area contributed by atoms with Crippen LogP contribution in [-0.2, 0) is 0 Å². The summed E-state index contributed by atoms with van der Waals surface area (Å²) >= 11 is 0. The van der Waals surface area contributed by atoms with Crippen LogP contribution in [-0.4, -0.2) is 0 Å². The van der Waals surface area contributed by atoms with Gasteiger partial charge in [-0.15, -0.1) is 0 Å². The average Bonchev–Trinajstić information content (AvgIpc) is 3.47. The molecule has 282 valence electrons. The van der Waals surface area contributed by atoms with Crippen molar-refractivity contribution in [3.8, 4) is 78.3 Å². The van der Waals surface area contributed by atoms with Crippen LogP contribution < -0.4 is 9.64 Å². The van der Waals surface area contributed by atoms with Gasteiger partial charge < -0.3 is 9.64 Å². The molecule has 1 aliphatic rings. The van der Waals surface area contributed by atoms with E-state index >= 15 is 0 Å². The zero-order valence-electron chi connectivity index (χ0n) is 32.9. The summed E-state index contributed by atoms with van der Waals surface area (Å²) in [6.07, 6.45) is 0. The van der Waals surface area contributed by atoms with Gasteiger partial charge in [-0.25, -0.2) is 0 Å². The van der Waals surface area contributed by atoms with Crippen molar-refractivity contribution in [1.29, 1.82) is 0 Å². The van der Waals surface area contributed by atoms with Crippen LogP contribution in [0.3, 0.4) is 0 Å². The third-order valence-electron chi connectivity index (χ3n) is 11.7. The van der Waals surface area contributed by atoms with Crippen molar-refractivity contribution in [3.05, 3.63) is 237 Å². The van der Waals surface area contributed by atoms with Gasteiger partial charge in [0.15, 0.2) is 0 Å². The molecule has 2 heteroatoms. The summed E-state index contributed by atoms with van der Waals surface area (Å²) in [5.41, 5.74) is 16.9. The number of rotatable bonds is 7. The number of hydrogen-bond donors (Lipinski definition) is 0. The van der Waals surface area contributed by atoms with E-state index < -0.39 is 0 Å².